The van der Waals surface area contributed by atoms with Crippen molar-refractivity contribution in [2.24, 2.45) is 0 Å². The molecule has 3 aromatic heterocycles. The second-order valence-electron chi connectivity index (χ2n) is 4.50. The third-order valence-corrected chi connectivity index (χ3v) is 3.11. The van der Waals surface area contributed by atoms with Gasteiger partial charge in [0.05, 0.1) is 11.3 Å². The third kappa shape index (κ3) is 2.47. The van der Waals surface area contributed by atoms with Crippen molar-refractivity contribution in [2.45, 2.75) is 12.3 Å². The van der Waals surface area contributed by atoms with Gasteiger partial charge in [-0.3, -0.25) is 4.98 Å². The molecule has 7 heteroatoms. The Morgan fingerprint density at radius 1 is 1.19 bits per heavy atom. The van der Waals surface area contributed by atoms with Gasteiger partial charge in [0.2, 0.25) is 0 Å². The summed E-state index contributed by atoms with van der Waals surface area (Å²) in [5, 5.41) is 10.2. The summed E-state index contributed by atoms with van der Waals surface area (Å²) >= 11 is 0. The highest BCUT2D eigenvalue weighted by atomic mass is 19.4. The summed E-state index contributed by atoms with van der Waals surface area (Å²) in [4.78, 5) is 7.79. The van der Waals surface area contributed by atoms with Crippen molar-refractivity contribution in [1.29, 1.82) is 0 Å². The SMILES string of the molecule is OC(c1cn2ccccc2n1)c1cnccc1C(F)(F)F. The lowest BCUT2D eigenvalue weighted by atomic mass is 10.0. The Morgan fingerprint density at radius 3 is 2.71 bits per heavy atom. The first-order valence-corrected chi connectivity index (χ1v) is 6.09. The first kappa shape index (κ1) is 13.6. The first-order valence-electron chi connectivity index (χ1n) is 6.09. The fourth-order valence-electron chi connectivity index (χ4n) is 2.13. The van der Waals surface area contributed by atoms with Gasteiger partial charge in [0.1, 0.15) is 11.8 Å². The van der Waals surface area contributed by atoms with Gasteiger partial charge in [0.15, 0.2) is 0 Å². The van der Waals surface area contributed by atoms with Crippen LogP contribution in [-0.4, -0.2) is 19.5 Å². The van der Waals surface area contributed by atoms with E-state index in [0.717, 1.165) is 18.5 Å². The van der Waals surface area contributed by atoms with Crippen LogP contribution >= 0.6 is 0 Å². The molecular weight excluding hydrogens is 283 g/mol. The smallest absolute Gasteiger partial charge is 0.382 e. The number of rotatable bonds is 2. The minimum Gasteiger partial charge on any atom is -0.382 e. The van der Waals surface area contributed by atoms with Crippen LogP contribution in [0.1, 0.15) is 22.9 Å². The summed E-state index contributed by atoms with van der Waals surface area (Å²) in [6, 6.07) is 6.05. The number of nitrogens with zero attached hydrogens (tertiary/aromatic N) is 3. The van der Waals surface area contributed by atoms with E-state index in [4.69, 9.17) is 0 Å². The summed E-state index contributed by atoms with van der Waals surface area (Å²) in [6.07, 6.45) is -0.798. The maximum Gasteiger partial charge on any atom is 0.416 e. The minimum absolute atomic E-state index is 0.139. The zero-order valence-corrected chi connectivity index (χ0v) is 10.6. The number of hydrogen-bond donors (Lipinski definition) is 1. The van der Waals surface area contributed by atoms with Crippen molar-refractivity contribution in [3.63, 3.8) is 0 Å². The lowest BCUT2D eigenvalue weighted by molar-refractivity contribution is -0.139. The van der Waals surface area contributed by atoms with Gasteiger partial charge >= 0.3 is 6.18 Å². The quantitative estimate of drug-likeness (QED) is 0.790. The molecule has 0 aliphatic carbocycles. The second-order valence-corrected chi connectivity index (χ2v) is 4.50. The van der Waals surface area contributed by atoms with E-state index in [-0.39, 0.29) is 11.3 Å². The largest absolute Gasteiger partial charge is 0.416 e. The molecule has 1 N–H and O–H groups in total. The van der Waals surface area contributed by atoms with Gasteiger partial charge in [-0.05, 0) is 18.2 Å². The van der Waals surface area contributed by atoms with Crippen LogP contribution in [-0.2, 0) is 6.18 Å². The Bertz CT molecular complexity index is 749. The van der Waals surface area contributed by atoms with Crippen LogP contribution < -0.4 is 0 Å². The molecule has 1 unspecified atom stereocenters. The highest BCUT2D eigenvalue weighted by molar-refractivity contribution is 5.42. The molecule has 4 nitrogen and oxygen atoms in total. The molecule has 0 saturated heterocycles. The van der Waals surface area contributed by atoms with Crippen molar-refractivity contribution in [1.82, 2.24) is 14.4 Å². The van der Waals surface area contributed by atoms with E-state index in [0.29, 0.717) is 5.65 Å². The van der Waals surface area contributed by atoms with Gasteiger partial charge in [0, 0.05) is 30.4 Å². The van der Waals surface area contributed by atoms with Crippen molar-refractivity contribution < 1.29 is 18.3 Å². The fraction of sp³-hybridized carbons (Fsp3) is 0.143. The van der Waals surface area contributed by atoms with Gasteiger partial charge in [-0.1, -0.05) is 6.07 Å². The molecule has 0 aliphatic heterocycles. The van der Waals surface area contributed by atoms with Crippen molar-refractivity contribution in [2.75, 3.05) is 0 Å². The Labute approximate surface area is 117 Å². The highest BCUT2D eigenvalue weighted by Crippen LogP contribution is 2.35. The number of aromatic nitrogens is 3. The Kier molecular flexibility index (Phi) is 3.13. The average Bonchev–Trinajstić information content (AvgIpc) is 2.89. The number of hydrogen-bond acceptors (Lipinski definition) is 3. The van der Waals surface area contributed by atoms with Gasteiger partial charge in [-0.15, -0.1) is 0 Å². The number of imidazole rings is 1. The zero-order chi connectivity index (χ0) is 15.0. The van der Waals surface area contributed by atoms with Gasteiger partial charge < -0.3 is 9.51 Å². The molecule has 0 aromatic carbocycles. The van der Waals surface area contributed by atoms with Crippen molar-refractivity contribution >= 4 is 5.65 Å². The third-order valence-electron chi connectivity index (χ3n) is 3.11. The molecule has 3 aromatic rings. The van der Waals surface area contributed by atoms with Crippen LogP contribution in [0.25, 0.3) is 5.65 Å². The van der Waals surface area contributed by atoms with Crippen LogP contribution in [0.4, 0.5) is 13.2 Å². The zero-order valence-electron chi connectivity index (χ0n) is 10.6. The number of pyridine rings is 2. The van der Waals surface area contributed by atoms with E-state index in [2.05, 4.69) is 9.97 Å². The number of halogens is 3. The molecule has 21 heavy (non-hydrogen) atoms. The molecule has 3 rings (SSSR count). The van der Waals surface area contributed by atoms with Crippen LogP contribution in [0.3, 0.4) is 0 Å². The molecular formula is C14H10F3N3O. The van der Waals surface area contributed by atoms with E-state index in [9.17, 15) is 18.3 Å². The summed E-state index contributed by atoms with van der Waals surface area (Å²) in [5.74, 6) is 0. The molecule has 0 bridgehead atoms. The lowest BCUT2D eigenvalue weighted by Crippen LogP contribution is -2.13. The average molecular weight is 293 g/mol. The predicted molar refractivity (Wildman–Crippen MR) is 68.5 cm³/mol. The van der Waals surface area contributed by atoms with Crippen LogP contribution in [0, 0.1) is 0 Å². The molecule has 0 saturated carbocycles. The molecule has 0 aliphatic rings. The molecule has 108 valence electrons. The van der Waals surface area contributed by atoms with Crippen molar-refractivity contribution in [3.8, 4) is 0 Å². The van der Waals surface area contributed by atoms with E-state index >= 15 is 0 Å². The standard InChI is InChI=1S/C14H10F3N3O/c15-14(16,17)10-4-5-18-7-9(10)13(21)11-8-20-6-2-1-3-12(20)19-11/h1-8,13,21H. The molecule has 3 heterocycles. The van der Waals surface area contributed by atoms with E-state index in [1.807, 2.05) is 0 Å². The van der Waals surface area contributed by atoms with E-state index in [1.54, 1.807) is 28.8 Å². The van der Waals surface area contributed by atoms with Gasteiger partial charge in [-0.25, -0.2) is 4.98 Å². The van der Waals surface area contributed by atoms with Crippen molar-refractivity contribution in [3.05, 3.63) is 65.9 Å². The maximum atomic E-state index is 13.0. The summed E-state index contributed by atoms with van der Waals surface area (Å²) in [5.41, 5.74) is -0.542. The van der Waals surface area contributed by atoms with Crippen LogP contribution in [0.5, 0.6) is 0 Å². The molecule has 0 spiro atoms. The van der Waals surface area contributed by atoms with E-state index in [1.165, 1.54) is 6.20 Å². The minimum atomic E-state index is -4.56. The van der Waals surface area contributed by atoms with E-state index < -0.39 is 17.8 Å². The second kappa shape index (κ2) is 4.85. The molecule has 0 fully saturated rings. The predicted octanol–water partition coefficient (Wildman–Crippen LogP) is 2.83. The summed E-state index contributed by atoms with van der Waals surface area (Å²) < 4.78 is 40.5. The Hall–Kier alpha value is -2.41. The number of aliphatic hydroxyl groups is 1. The normalized spacial score (nSPS) is 13.5. The number of fused-ring (bicyclic) bond motifs is 1. The first-order chi connectivity index (χ1) is 9.97. The van der Waals surface area contributed by atoms with Crippen LogP contribution in [0.2, 0.25) is 0 Å². The molecule has 0 radical (unpaired) electrons. The Morgan fingerprint density at radius 2 is 2.00 bits per heavy atom. The Balaban J connectivity index is 2.08. The lowest BCUT2D eigenvalue weighted by Gasteiger charge is -2.15. The fourth-order valence-corrected chi connectivity index (χ4v) is 2.13. The maximum absolute atomic E-state index is 13.0. The number of aliphatic hydroxyl groups excluding tert-OH is 1. The van der Waals surface area contributed by atoms with Gasteiger partial charge in [0.25, 0.3) is 0 Å². The van der Waals surface area contributed by atoms with Crippen LogP contribution in [0.15, 0.2) is 49.1 Å². The molecule has 0 amide bonds. The topological polar surface area (TPSA) is 50.4 Å². The number of alkyl halides is 3. The summed E-state index contributed by atoms with van der Waals surface area (Å²) in [7, 11) is 0. The monoisotopic (exact) mass is 293 g/mol. The van der Waals surface area contributed by atoms with Gasteiger partial charge in [-0.2, -0.15) is 13.2 Å². The summed E-state index contributed by atoms with van der Waals surface area (Å²) in [6.45, 7) is 0. The molecule has 1 atom stereocenters. The highest BCUT2D eigenvalue weighted by Gasteiger charge is 2.35.